The predicted molar refractivity (Wildman–Crippen MR) is 83.7 cm³/mol. The molecule has 1 aliphatic heterocycles. The highest BCUT2D eigenvalue weighted by molar-refractivity contribution is 5.46. The molecule has 0 aliphatic carbocycles. The van der Waals surface area contributed by atoms with E-state index in [0.717, 1.165) is 42.2 Å². The summed E-state index contributed by atoms with van der Waals surface area (Å²) >= 11 is 0. The second-order valence-electron chi connectivity index (χ2n) is 5.75. The quantitative estimate of drug-likeness (QED) is 0.767. The third-order valence-corrected chi connectivity index (χ3v) is 4.21. The summed E-state index contributed by atoms with van der Waals surface area (Å²) in [5.41, 5.74) is 3.58. The van der Waals surface area contributed by atoms with Gasteiger partial charge in [0.2, 0.25) is 0 Å². The number of nitrogens with one attached hydrogen (secondary N) is 2. The summed E-state index contributed by atoms with van der Waals surface area (Å²) in [4.78, 5) is 29.4. The molecule has 3 aromatic heterocycles. The highest BCUT2D eigenvalue weighted by Gasteiger charge is 2.22. The Kier molecular flexibility index (Phi) is 3.34. The Morgan fingerprint density at radius 3 is 3.09 bits per heavy atom. The van der Waals surface area contributed by atoms with Crippen LogP contribution in [0.3, 0.4) is 0 Å². The molecule has 0 saturated heterocycles. The number of H-pyrrole nitrogens is 2. The molecule has 0 aromatic carbocycles. The van der Waals surface area contributed by atoms with Crippen molar-refractivity contribution in [1.82, 2.24) is 24.8 Å². The summed E-state index contributed by atoms with van der Waals surface area (Å²) in [6, 6.07) is 3.57. The van der Waals surface area contributed by atoms with Crippen LogP contribution in [0.1, 0.15) is 22.6 Å². The molecule has 1 aliphatic rings. The lowest BCUT2D eigenvalue weighted by atomic mass is 10.1. The van der Waals surface area contributed by atoms with Crippen molar-refractivity contribution in [2.75, 3.05) is 6.54 Å². The summed E-state index contributed by atoms with van der Waals surface area (Å²) in [6.07, 6.45) is 4.02. The molecular formula is C16H17N5O2. The van der Waals surface area contributed by atoms with Gasteiger partial charge in [-0.2, -0.15) is 0 Å². The molecule has 0 amide bonds. The molecule has 0 bridgehead atoms. The molecule has 7 nitrogen and oxygen atoms in total. The van der Waals surface area contributed by atoms with Crippen LogP contribution < -0.4 is 5.56 Å². The van der Waals surface area contributed by atoms with E-state index in [1.54, 1.807) is 24.7 Å². The van der Waals surface area contributed by atoms with Gasteiger partial charge in [0.05, 0.1) is 29.5 Å². The van der Waals surface area contributed by atoms with Gasteiger partial charge in [-0.3, -0.25) is 9.69 Å². The predicted octanol–water partition coefficient (Wildman–Crippen LogP) is 1.62. The highest BCUT2D eigenvalue weighted by Crippen LogP contribution is 2.20. The topological polar surface area (TPSA) is 90.8 Å². The molecular weight excluding hydrogens is 294 g/mol. The summed E-state index contributed by atoms with van der Waals surface area (Å²) in [5.74, 6) is 1.08. The Hall–Kier alpha value is -2.67. The first kappa shape index (κ1) is 14.0. The lowest BCUT2D eigenvalue weighted by molar-refractivity contribution is 0.239. The van der Waals surface area contributed by atoms with Crippen LogP contribution in [0.15, 0.2) is 33.9 Å². The Balaban J connectivity index is 1.60. The molecule has 0 unspecified atom stereocenters. The molecule has 2 N–H and O–H groups in total. The zero-order valence-corrected chi connectivity index (χ0v) is 12.8. The monoisotopic (exact) mass is 311 g/mol. The summed E-state index contributed by atoms with van der Waals surface area (Å²) in [6.45, 7) is 4.17. The van der Waals surface area contributed by atoms with E-state index in [-0.39, 0.29) is 5.56 Å². The molecule has 23 heavy (non-hydrogen) atoms. The van der Waals surface area contributed by atoms with Crippen LogP contribution in [0, 0.1) is 6.92 Å². The number of hydrogen-bond donors (Lipinski definition) is 2. The van der Waals surface area contributed by atoms with Crippen LogP contribution in [0.4, 0.5) is 0 Å². The van der Waals surface area contributed by atoms with E-state index in [1.807, 2.05) is 6.92 Å². The molecule has 0 saturated carbocycles. The lowest BCUT2D eigenvalue weighted by Gasteiger charge is -2.27. The summed E-state index contributed by atoms with van der Waals surface area (Å²) in [5, 5.41) is 0. The van der Waals surface area contributed by atoms with Gasteiger partial charge in [-0.15, -0.1) is 0 Å². The standard InChI is InChI=1S/C16H17N5O2/c1-10-13(18-9-17-10)8-21-5-4-12-11(7-21)16(22)20-15(19-12)14-3-2-6-23-14/h2-3,6,9H,4-5,7-8H2,1H3,(H,17,18)(H,19,20,22). The lowest BCUT2D eigenvalue weighted by Crippen LogP contribution is -2.35. The average Bonchev–Trinajstić information content (AvgIpc) is 3.20. The number of rotatable bonds is 3. The number of fused-ring (bicyclic) bond motifs is 1. The molecule has 4 heterocycles. The van der Waals surface area contributed by atoms with Crippen molar-refractivity contribution in [2.24, 2.45) is 0 Å². The second-order valence-corrected chi connectivity index (χ2v) is 5.75. The Morgan fingerprint density at radius 2 is 2.35 bits per heavy atom. The molecule has 4 rings (SSSR count). The van der Waals surface area contributed by atoms with Crippen molar-refractivity contribution in [3.63, 3.8) is 0 Å². The molecule has 0 radical (unpaired) electrons. The fourth-order valence-electron chi connectivity index (χ4n) is 2.90. The van der Waals surface area contributed by atoms with Crippen molar-refractivity contribution in [3.05, 3.63) is 57.7 Å². The summed E-state index contributed by atoms with van der Waals surface area (Å²) < 4.78 is 5.32. The van der Waals surface area contributed by atoms with Gasteiger partial charge in [-0.05, 0) is 19.1 Å². The van der Waals surface area contributed by atoms with E-state index in [9.17, 15) is 4.79 Å². The first-order valence-corrected chi connectivity index (χ1v) is 7.58. The number of hydrogen-bond acceptors (Lipinski definition) is 5. The smallest absolute Gasteiger partial charge is 0.256 e. The second kappa shape index (κ2) is 5.51. The van der Waals surface area contributed by atoms with Gasteiger partial charge >= 0.3 is 0 Å². The SMILES string of the molecule is Cc1[nH]cnc1CN1CCc2nc(-c3ccco3)[nH]c(=O)c2C1. The molecule has 0 atom stereocenters. The maximum absolute atomic E-state index is 12.4. The van der Waals surface area contributed by atoms with E-state index in [4.69, 9.17) is 4.42 Å². The van der Waals surface area contributed by atoms with E-state index in [2.05, 4.69) is 24.8 Å². The fraction of sp³-hybridized carbons (Fsp3) is 0.312. The third-order valence-electron chi connectivity index (χ3n) is 4.21. The van der Waals surface area contributed by atoms with Crippen molar-refractivity contribution >= 4 is 0 Å². The fourth-order valence-corrected chi connectivity index (χ4v) is 2.90. The van der Waals surface area contributed by atoms with Crippen LogP contribution in [0.5, 0.6) is 0 Å². The molecule has 7 heteroatoms. The molecule has 0 spiro atoms. The zero-order valence-electron chi connectivity index (χ0n) is 12.8. The number of aromatic amines is 2. The Bertz CT molecular complexity index is 878. The number of furan rings is 1. The third kappa shape index (κ3) is 2.59. The first-order chi connectivity index (χ1) is 11.2. The minimum atomic E-state index is -0.0927. The maximum Gasteiger partial charge on any atom is 0.256 e. The highest BCUT2D eigenvalue weighted by atomic mass is 16.3. The zero-order chi connectivity index (χ0) is 15.8. The minimum Gasteiger partial charge on any atom is -0.461 e. The van der Waals surface area contributed by atoms with E-state index in [1.165, 1.54) is 0 Å². The van der Waals surface area contributed by atoms with Gasteiger partial charge in [-0.25, -0.2) is 9.97 Å². The van der Waals surface area contributed by atoms with Crippen LogP contribution in [0.2, 0.25) is 0 Å². The van der Waals surface area contributed by atoms with E-state index >= 15 is 0 Å². The number of aromatic nitrogens is 4. The van der Waals surface area contributed by atoms with E-state index < -0.39 is 0 Å². The Labute approximate surface area is 132 Å². The van der Waals surface area contributed by atoms with Gasteiger partial charge in [0.1, 0.15) is 0 Å². The number of imidazole rings is 1. The van der Waals surface area contributed by atoms with Crippen LogP contribution in [-0.2, 0) is 19.5 Å². The van der Waals surface area contributed by atoms with Gasteiger partial charge < -0.3 is 14.4 Å². The summed E-state index contributed by atoms with van der Waals surface area (Å²) in [7, 11) is 0. The van der Waals surface area contributed by atoms with Crippen molar-refractivity contribution < 1.29 is 4.42 Å². The maximum atomic E-state index is 12.4. The normalized spacial score (nSPS) is 14.8. The molecule has 118 valence electrons. The number of nitrogens with zero attached hydrogens (tertiary/aromatic N) is 3. The van der Waals surface area contributed by atoms with Gasteiger partial charge in [-0.1, -0.05) is 0 Å². The van der Waals surface area contributed by atoms with Crippen molar-refractivity contribution in [2.45, 2.75) is 26.4 Å². The van der Waals surface area contributed by atoms with Crippen molar-refractivity contribution in [1.29, 1.82) is 0 Å². The number of aryl methyl sites for hydroxylation is 1. The van der Waals surface area contributed by atoms with Crippen molar-refractivity contribution in [3.8, 4) is 11.6 Å². The van der Waals surface area contributed by atoms with Gasteiger partial charge in [0.25, 0.3) is 5.56 Å². The molecule has 0 fully saturated rings. The molecule has 3 aromatic rings. The Morgan fingerprint density at radius 1 is 1.43 bits per heavy atom. The van der Waals surface area contributed by atoms with Gasteiger partial charge in [0, 0.05) is 31.7 Å². The first-order valence-electron chi connectivity index (χ1n) is 7.58. The van der Waals surface area contributed by atoms with Gasteiger partial charge in [0.15, 0.2) is 11.6 Å². The van der Waals surface area contributed by atoms with Crippen LogP contribution in [-0.4, -0.2) is 31.4 Å². The van der Waals surface area contributed by atoms with E-state index in [0.29, 0.717) is 18.1 Å². The average molecular weight is 311 g/mol. The minimum absolute atomic E-state index is 0.0927. The van der Waals surface area contributed by atoms with Crippen LogP contribution >= 0.6 is 0 Å². The largest absolute Gasteiger partial charge is 0.461 e. The van der Waals surface area contributed by atoms with Crippen LogP contribution in [0.25, 0.3) is 11.6 Å².